The highest BCUT2D eigenvalue weighted by atomic mass is 19.1. The van der Waals surface area contributed by atoms with E-state index in [4.69, 9.17) is 5.73 Å². The Morgan fingerprint density at radius 3 is 2.50 bits per heavy atom. The van der Waals surface area contributed by atoms with Crippen molar-refractivity contribution in [3.8, 4) is 5.75 Å². The monoisotopic (exact) mass is 227 g/mol. The van der Waals surface area contributed by atoms with Crippen molar-refractivity contribution in [2.75, 3.05) is 6.61 Å². The number of aliphatic hydroxyl groups is 1. The topological polar surface area (TPSA) is 66.5 Å². The summed E-state index contributed by atoms with van der Waals surface area (Å²) in [6.45, 7) is 4.94. The normalized spacial score (nSPS) is 13.9. The quantitative estimate of drug-likeness (QED) is 0.738. The molecule has 1 aromatic rings. The van der Waals surface area contributed by atoms with Gasteiger partial charge in [0.2, 0.25) is 0 Å². The second-order valence-corrected chi connectivity index (χ2v) is 4.75. The van der Waals surface area contributed by atoms with Crippen LogP contribution in [0.4, 0.5) is 4.39 Å². The first-order chi connectivity index (χ1) is 7.31. The predicted octanol–water partition coefficient (Wildman–Crippen LogP) is 1.86. The van der Waals surface area contributed by atoms with Crippen LogP contribution in [-0.2, 0) is 0 Å². The zero-order valence-corrected chi connectivity index (χ0v) is 9.79. The minimum Gasteiger partial charge on any atom is -0.507 e. The number of halogens is 1. The smallest absolute Gasteiger partial charge is 0.131 e. The van der Waals surface area contributed by atoms with Gasteiger partial charge in [0.25, 0.3) is 0 Å². The maximum absolute atomic E-state index is 13.6. The lowest BCUT2D eigenvalue weighted by atomic mass is 9.81. The van der Waals surface area contributed by atoms with Crippen LogP contribution in [-0.4, -0.2) is 16.8 Å². The first-order valence-electron chi connectivity index (χ1n) is 5.15. The maximum atomic E-state index is 13.6. The minimum atomic E-state index is -0.752. The second kappa shape index (κ2) is 4.39. The van der Waals surface area contributed by atoms with Gasteiger partial charge >= 0.3 is 0 Å². The van der Waals surface area contributed by atoms with Crippen molar-refractivity contribution in [1.82, 2.24) is 0 Å². The summed E-state index contributed by atoms with van der Waals surface area (Å²) in [7, 11) is 0. The SMILES string of the molecule is Cc1ccc(F)c([C@H](N)C(C)(C)CO)c1O. The molecule has 1 atom stereocenters. The van der Waals surface area contributed by atoms with E-state index in [1.807, 2.05) is 0 Å². The van der Waals surface area contributed by atoms with E-state index in [1.54, 1.807) is 20.8 Å². The van der Waals surface area contributed by atoms with Gasteiger partial charge in [-0.05, 0) is 18.6 Å². The van der Waals surface area contributed by atoms with Gasteiger partial charge in [-0.15, -0.1) is 0 Å². The number of phenols is 1. The highest BCUT2D eigenvalue weighted by Gasteiger charge is 2.31. The molecule has 0 unspecified atom stereocenters. The van der Waals surface area contributed by atoms with E-state index in [1.165, 1.54) is 12.1 Å². The van der Waals surface area contributed by atoms with Crippen molar-refractivity contribution in [2.24, 2.45) is 11.1 Å². The van der Waals surface area contributed by atoms with Crippen LogP contribution in [0.25, 0.3) is 0 Å². The second-order valence-electron chi connectivity index (χ2n) is 4.75. The Labute approximate surface area is 94.7 Å². The molecule has 0 spiro atoms. The Bertz CT molecular complexity index is 391. The van der Waals surface area contributed by atoms with E-state index in [0.29, 0.717) is 5.56 Å². The van der Waals surface area contributed by atoms with Gasteiger partial charge in [-0.25, -0.2) is 4.39 Å². The lowest BCUT2D eigenvalue weighted by Crippen LogP contribution is -2.33. The molecule has 4 N–H and O–H groups in total. The van der Waals surface area contributed by atoms with Crippen molar-refractivity contribution < 1.29 is 14.6 Å². The summed E-state index contributed by atoms with van der Waals surface area (Å²) < 4.78 is 13.6. The molecule has 0 aliphatic carbocycles. The number of nitrogens with two attached hydrogens (primary N) is 1. The van der Waals surface area contributed by atoms with Crippen LogP contribution in [0.5, 0.6) is 5.75 Å². The fourth-order valence-electron chi connectivity index (χ4n) is 1.48. The van der Waals surface area contributed by atoms with Crippen LogP contribution in [0.1, 0.15) is 31.0 Å². The van der Waals surface area contributed by atoms with Gasteiger partial charge in [-0.1, -0.05) is 19.9 Å². The Morgan fingerprint density at radius 1 is 1.44 bits per heavy atom. The molecule has 0 fully saturated rings. The van der Waals surface area contributed by atoms with Crippen LogP contribution in [0.3, 0.4) is 0 Å². The molecule has 16 heavy (non-hydrogen) atoms. The molecule has 0 heterocycles. The predicted molar refractivity (Wildman–Crippen MR) is 60.6 cm³/mol. The summed E-state index contributed by atoms with van der Waals surface area (Å²) in [5.41, 5.74) is 5.84. The van der Waals surface area contributed by atoms with Crippen molar-refractivity contribution >= 4 is 0 Å². The van der Waals surface area contributed by atoms with E-state index < -0.39 is 17.3 Å². The lowest BCUT2D eigenvalue weighted by Gasteiger charge is -2.30. The van der Waals surface area contributed by atoms with Crippen molar-refractivity contribution in [3.05, 3.63) is 29.1 Å². The van der Waals surface area contributed by atoms with E-state index in [2.05, 4.69) is 0 Å². The molecule has 0 aliphatic heterocycles. The van der Waals surface area contributed by atoms with Crippen molar-refractivity contribution in [2.45, 2.75) is 26.8 Å². The molecular weight excluding hydrogens is 209 g/mol. The number of aliphatic hydroxyl groups excluding tert-OH is 1. The van der Waals surface area contributed by atoms with Crippen LogP contribution < -0.4 is 5.73 Å². The molecule has 1 rings (SSSR count). The minimum absolute atomic E-state index is 0.0686. The third-order valence-electron chi connectivity index (χ3n) is 2.93. The number of rotatable bonds is 3. The highest BCUT2D eigenvalue weighted by Crippen LogP contribution is 2.38. The maximum Gasteiger partial charge on any atom is 0.131 e. The first kappa shape index (κ1) is 12.9. The Morgan fingerprint density at radius 2 is 2.00 bits per heavy atom. The molecule has 0 aliphatic rings. The van der Waals surface area contributed by atoms with E-state index in [9.17, 15) is 14.6 Å². The summed E-state index contributed by atoms with van der Waals surface area (Å²) >= 11 is 0. The lowest BCUT2D eigenvalue weighted by molar-refractivity contribution is 0.129. The van der Waals surface area contributed by atoms with Crippen LogP contribution in [0, 0.1) is 18.2 Å². The van der Waals surface area contributed by atoms with Crippen molar-refractivity contribution in [3.63, 3.8) is 0 Å². The number of phenolic OH excluding ortho intramolecular Hbond substituents is 1. The van der Waals surface area contributed by atoms with Gasteiger partial charge < -0.3 is 15.9 Å². The Kier molecular flexibility index (Phi) is 3.55. The van der Waals surface area contributed by atoms with Gasteiger partial charge in [0, 0.05) is 23.6 Å². The van der Waals surface area contributed by atoms with Crippen LogP contribution in [0.15, 0.2) is 12.1 Å². The standard InChI is InChI=1S/C12H18FNO2/c1-7-4-5-8(13)9(10(7)16)11(14)12(2,3)6-15/h4-5,11,15-16H,6,14H2,1-3H3/t11-/m0/s1. The summed E-state index contributed by atoms with van der Waals surface area (Å²) in [4.78, 5) is 0. The number of hydrogen-bond donors (Lipinski definition) is 3. The molecule has 0 radical (unpaired) electrons. The third-order valence-corrected chi connectivity index (χ3v) is 2.93. The zero-order valence-electron chi connectivity index (χ0n) is 9.79. The van der Waals surface area contributed by atoms with Crippen molar-refractivity contribution in [1.29, 1.82) is 0 Å². The van der Waals surface area contributed by atoms with Crippen LogP contribution in [0.2, 0.25) is 0 Å². The van der Waals surface area contributed by atoms with Gasteiger partial charge in [0.1, 0.15) is 11.6 Å². The van der Waals surface area contributed by atoms with E-state index in [-0.39, 0.29) is 17.9 Å². The van der Waals surface area contributed by atoms with Crippen LogP contribution >= 0.6 is 0 Å². The summed E-state index contributed by atoms with van der Waals surface area (Å²) in [6.07, 6.45) is 0. The molecule has 0 amide bonds. The average molecular weight is 227 g/mol. The number of benzene rings is 1. The van der Waals surface area contributed by atoms with Gasteiger partial charge in [-0.2, -0.15) is 0 Å². The fraction of sp³-hybridized carbons (Fsp3) is 0.500. The Hall–Kier alpha value is -1.13. The highest BCUT2D eigenvalue weighted by molar-refractivity contribution is 5.43. The molecule has 0 bridgehead atoms. The van der Waals surface area contributed by atoms with Gasteiger partial charge in [-0.3, -0.25) is 0 Å². The number of aromatic hydroxyl groups is 1. The summed E-state index contributed by atoms with van der Waals surface area (Å²) in [5.74, 6) is -0.675. The number of aryl methyl sites for hydroxylation is 1. The first-order valence-corrected chi connectivity index (χ1v) is 5.15. The molecule has 0 saturated heterocycles. The molecular formula is C12H18FNO2. The molecule has 0 saturated carbocycles. The number of hydrogen-bond acceptors (Lipinski definition) is 3. The Balaban J connectivity index is 3.28. The van der Waals surface area contributed by atoms with Gasteiger partial charge in [0.15, 0.2) is 0 Å². The largest absolute Gasteiger partial charge is 0.507 e. The summed E-state index contributed by atoms with van der Waals surface area (Å²) in [5, 5.41) is 19.0. The molecule has 4 heteroatoms. The van der Waals surface area contributed by atoms with E-state index >= 15 is 0 Å². The molecule has 3 nitrogen and oxygen atoms in total. The molecule has 90 valence electrons. The zero-order chi connectivity index (χ0) is 12.5. The average Bonchev–Trinajstić information content (AvgIpc) is 2.24. The molecule has 1 aromatic carbocycles. The fourth-order valence-corrected chi connectivity index (χ4v) is 1.48. The van der Waals surface area contributed by atoms with Gasteiger partial charge in [0.05, 0.1) is 0 Å². The van der Waals surface area contributed by atoms with E-state index in [0.717, 1.165) is 0 Å². The summed E-state index contributed by atoms with van der Waals surface area (Å²) in [6, 6.07) is 2.02. The third kappa shape index (κ3) is 2.18. The molecule has 0 aromatic heterocycles.